The van der Waals surface area contributed by atoms with Crippen LogP contribution in [0.5, 0.6) is 0 Å². The molecule has 2 unspecified atom stereocenters. The minimum atomic E-state index is -4.51. The van der Waals surface area contributed by atoms with E-state index in [0.29, 0.717) is 73.8 Å². The van der Waals surface area contributed by atoms with E-state index in [-0.39, 0.29) is 29.3 Å². The minimum Gasteiger partial charge on any atom is -0.378 e. The number of nitrogens with zero attached hydrogens (tertiary/aromatic N) is 2. The third-order valence-corrected chi connectivity index (χ3v) is 10.6. The van der Waals surface area contributed by atoms with Gasteiger partial charge in [-0.05, 0) is 104 Å². The van der Waals surface area contributed by atoms with Crippen molar-refractivity contribution in [1.82, 2.24) is 15.1 Å². The first-order chi connectivity index (χ1) is 28.1. The first-order valence-electron chi connectivity index (χ1n) is 20.9. The molecule has 2 atom stereocenters. The number of benzene rings is 2. The van der Waals surface area contributed by atoms with E-state index in [2.05, 4.69) is 28.5 Å². The molecule has 2 aromatic carbocycles. The van der Waals surface area contributed by atoms with Gasteiger partial charge in [0.15, 0.2) is 0 Å². The van der Waals surface area contributed by atoms with Crippen molar-refractivity contribution in [2.24, 2.45) is 0 Å². The zero-order valence-electron chi connectivity index (χ0n) is 34.3. The van der Waals surface area contributed by atoms with E-state index in [1.165, 1.54) is 6.08 Å². The molecular formula is C47H60F4N4O3. The SMILES string of the molecule is C/C=C(\C=C/C(=C/CC)N1CCCC(NC/C=C/C(=O)N2CCOCC2)C1)C(=C(/CC(F)(F)F)c1ccccc1)/c1ccc(NC2CCCCO2)c(/C(F)=C/CC)c1. The smallest absolute Gasteiger partial charge is 0.378 e. The maximum atomic E-state index is 16.0. The predicted molar refractivity (Wildman–Crippen MR) is 227 cm³/mol. The molecule has 11 heteroatoms. The number of hydrogen-bond acceptors (Lipinski definition) is 6. The molecule has 0 spiro atoms. The van der Waals surface area contributed by atoms with Crippen LogP contribution in [-0.4, -0.2) is 86.7 Å². The zero-order valence-corrected chi connectivity index (χ0v) is 34.3. The largest absolute Gasteiger partial charge is 0.393 e. The summed E-state index contributed by atoms with van der Waals surface area (Å²) < 4.78 is 71.0. The average Bonchev–Trinajstić information content (AvgIpc) is 3.23. The lowest BCUT2D eigenvalue weighted by atomic mass is 9.86. The molecule has 0 bridgehead atoms. The first kappa shape index (κ1) is 44.6. The van der Waals surface area contributed by atoms with Crippen LogP contribution in [0.2, 0.25) is 0 Å². The Morgan fingerprint density at radius 1 is 0.879 bits per heavy atom. The third-order valence-electron chi connectivity index (χ3n) is 10.6. The number of alkyl halides is 3. The molecule has 0 aliphatic carbocycles. The highest BCUT2D eigenvalue weighted by Crippen LogP contribution is 2.42. The molecule has 3 heterocycles. The monoisotopic (exact) mass is 804 g/mol. The van der Waals surface area contributed by atoms with Gasteiger partial charge in [0, 0.05) is 68.4 Å². The Hall–Kier alpha value is -4.45. The van der Waals surface area contributed by atoms with Crippen LogP contribution < -0.4 is 10.6 Å². The molecule has 1 amide bonds. The summed E-state index contributed by atoms with van der Waals surface area (Å²) in [7, 11) is 0. The summed E-state index contributed by atoms with van der Waals surface area (Å²) in [5.41, 5.74) is 3.81. The fourth-order valence-corrected chi connectivity index (χ4v) is 7.70. The molecule has 7 nitrogen and oxygen atoms in total. The number of ether oxygens (including phenoxy) is 2. The molecule has 58 heavy (non-hydrogen) atoms. The van der Waals surface area contributed by atoms with Crippen LogP contribution in [0.1, 0.15) is 88.8 Å². The normalized spacial score (nSPS) is 20.8. The fourth-order valence-electron chi connectivity index (χ4n) is 7.70. The van der Waals surface area contributed by atoms with Gasteiger partial charge in [0.2, 0.25) is 5.91 Å². The van der Waals surface area contributed by atoms with E-state index >= 15 is 4.39 Å². The van der Waals surface area contributed by atoms with Gasteiger partial charge in [-0.3, -0.25) is 4.79 Å². The van der Waals surface area contributed by atoms with Crippen LogP contribution in [-0.2, 0) is 14.3 Å². The van der Waals surface area contributed by atoms with Crippen molar-refractivity contribution in [2.45, 2.75) is 90.6 Å². The number of likely N-dealkylation sites (tertiary alicyclic amines) is 1. The van der Waals surface area contributed by atoms with Crippen molar-refractivity contribution in [3.63, 3.8) is 0 Å². The number of carbonyl (C=O) groups excluding carboxylic acids is 1. The van der Waals surface area contributed by atoms with E-state index in [1.54, 1.807) is 59.5 Å². The van der Waals surface area contributed by atoms with Crippen LogP contribution in [0.15, 0.2) is 102 Å². The van der Waals surface area contributed by atoms with Crippen molar-refractivity contribution in [3.05, 3.63) is 119 Å². The summed E-state index contributed by atoms with van der Waals surface area (Å²) in [6, 6.07) is 14.1. The fraction of sp³-hybridized carbons (Fsp3) is 0.468. The van der Waals surface area contributed by atoms with Gasteiger partial charge >= 0.3 is 6.18 Å². The molecule has 2 N–H and O–H groups in total. The summed E-state index contributed by atoms with van der Waals surface area (Å²) in [4.78, 5) is 16.7. The standard InChI is InChI=1S/C47H60F4N4O3/c1-4-14-39(55-26-13-18-38(34-55)52-25-12-20-45(56)54-27-30-57-31-28-54)23-21-35(6-3)46(41(33-47(49,50)51)36-16-8-7-9-17-36)37-22-24-43(40(32-37)42(48)15-5-2)53-44-19-10-11-29-58-44/h6-9,12,14-17,20-24,32,38,44,52-53H,4-5,10-11,13,18-19,25-31,33-34H2,1-3H3/b20-12+,23-21-,35-6+,39-14-,42-15-,46-41+. The van der Waals surface area contributed by atoms with Crippen molar-refractivity contribution < 1.29 is 31.8 Å². The van der Waals surface area contributed by atoms with E-state index in [1.807, 2.05) is 38.2 Å². The Kier molecular flexibility index (Phi) is 17.4. The number of halogens is 4. The molecule has 314 valence electrons. The van der Waals surface area contributed by atoms with Gasteiger partial charge in [0.1, 0.15) is 12.1 Å². The van der Waals surface area contributed by atoms with E-state index in [0.717, 1.165) is 57.3 Å². The van der Waals surface area contributed by atoms with E-state index in [4.69, 9.17) is 9.47 Å². The first-order valence-corrected chi connectivity index (χ1v) is 20.9. The van der Waals surface area contributed by atoms with Crippen LogP contribution in [0.4, 0.5) is 23.2 Å². The minimum absolute atomic E-state index is 0.00651. The van der Waals surface area contributed by atoms with E-state index in [9.17, 15) is 18.0 Å². The molecule has 0 saturated carbocycles. The van der Waals surface area contributed by atoms with Gasteiger partial charge in [0.05, 0.1) is 19.6 Å². The third kappa shape index (κ3) is 13.3. The number of rotatable bonds is 16. The Balaban J connectivity index is 1.48. The highest BCUT2D eigenvalue weighted by molar-refractivity contribution is 6.00. The number of morpholine rings is 1. The van der Waals surface area contributed by atoms with Crippen molar-refractivity contribution in [2.75, 3.05) is 57.9 Å². The summed E-state index contributed by atoms with van der Waals surface area (Å²) in [6.45, 7) is 10.8. The topological polar surface area (TPSA) is 66.1 Å². The van der Waals surface area contributed by atoms with Gasteiger partial charge in [-0.25, -0.2) is 4.39 Å². The number of piperidine rings is 1. The Bertz CT molecular complexity index is 1820. The lowest BCUT2D eigenvalue weighted by Gasteiger charge is -2.35. The summed E-state index contributed by atoms with van der Waals surface area (Å²) in [5.74, 6) is -0.453. The van der Waals surface area contributed by atoms with Crippen molar-refractivity contribution >= 4 is 28.6 Å². The second-order valence-electron chi connectivity index (χ2n) is 14.9. The summed E-state index contributed by atoms with van der Waals surface area (Å²) in [6.07, 6.45) is 12.8. The highest BCUT2D eigenvalue weighted by atomic mass is 19.4. The number of amides is 1. The average molecular weight is 805 g/mol. The molecule has 0 aromatic heterocycles. The summed E-state index contributed by atoms with van der Waals surface area (Å²) in [5, 5.41) is 6.94. The second kappa shape index (κ2) is 22.6. The summed E-state index contributed by atoms with van der Waals surface area (Å²) >= 11 is 0. The number of hydrogen-bond donors (Lipinski definition) is 2. The number of nitrogens with one attached hydrogen (secondary N) is 2. The van der Waals surface area contributed by atoms with Crippen LogP contribution in [0.25, 0.3) is 17.0 Å². The van der Waals surface area contributed by atoms with Gasteiger partial charge < -0.3 is 29.9 Å². The molecule has 5 rings (SSSR count). The molecule has 3 aliphatic rings. The Morgan fingerprint density at radius 3 is 2.34 bits per heavy atom. The number of carbonyl (C=O) groups is 1. The van der Waals surface area contributed by atoms with Gasteiger partial charge in [-0.15, -0.1) is 0 Å². The molecule has 3 saturated heterocycles. The second-order valence-corrected chi connectivity index (χ2v) is 14.9. The molecule has 3 fully saturated rings. The quantitative estimate of drug-likeness (QED) is 0.0763. The Labute approximate surface area is 342 Å². The van der Waals surface area contributed by atoms with Crippen molar-refractivity contribution in [3.8, 4) is 0 Å². The maximum Gasteiger partial charge on any atom is 0.393 e. The molecular weight excluding hydrogens is 745 g/mol. The van der Waals surface area contributed by atoms with Gasteiger partial charge in [0.25, 0.3) is 0 Å². The number of allylic oxidation sites excluding steroid dienone is 8. The van der Waals surface area contributed by atoms with Crippen LogP contribution >= 0.6 is 0 Å². The lowest BCUT2D eigenvalue weighted by Crippen LogP contribution is -2.45. The molecule has 3 aliphatic heterocycles. The van der Waals surface area contributed by atoms with Crippen LogP contribution in [0, 0.1) is 0 Å². The van der Waals surface area contributed by atoms with Crippen molar-refractivity contribution in [1.29, 1.82) is 0 Å². The molecule has 2 aromatic rings. The highest BCUT2D eigenvalue weighted by Gasteiger charge is 2.32. The predicted octanol–water partition coefficient (Wildman–Crippen LogP) is 10.5. The van der Waals surface area contributed by atoms with Crippen LogP contribution in [0.3, 0.4) is 0 Å². The van der Waals surface area contributed by atoms with Gasteiger partial charge in [-0.2, -0.15) is 13.2 Å². The van der Waals surface area contributed by atoms with Gasteiger partial charge in [-0.1, -0.05) is 74.5 Å². The zero-order chi connectivity index (χ0) is 41.3. The lowest BCUT2D eigenvalue weighted by molar-refractivity contribution is -0.130. The number of anilines is 1. The maximum absolute atomic E-state index is 16.0. The van der Waals surface area contributed by atoms with E-state index < -0.39 is 18.4 Å². The Morgan fingerprint density at radius 2 is 1.66 bits per heavy atom. The molecule has 0 radical (unpaired) electrons.